The molecule has 24 heavy (non-hydrogen) atoms. The molecule has 0 spiro atoms. The van der Waals surface area contributed by atoms with Gasteiger partial charge in [-0.3, -0.25) is 9.88 Å². The number of carbonyl (C=O) groups excluding carboxylic acids is 1. The van der Waals surface area contributed by atoms with Crippen molar-refractivity contribution in [2.24, 2.45) is 0 Å². The number of aliphatic hydroxyl groups is 1. The molecule has 0 aliphatic heterocycles. The van der Waals surface area contributed by atoms with Crippen LogP contribution < -0.4 is 5.09 Å². The maximum atomic E-state index is 11.5. The third kappa shape index (κ3) is 4.96. The molecule has 0 heterocycles. The van der Waals surface area contributed by atoms with Crippen LogP contribution in [0.2, 0.25) is 0 Å². The van der Waals surface area contributed by atoms with Gasteiger partial charge in [0.05, 0.1) is 6.42 Å². The molecule has 1 aromatic carbocycles. The molecule has 0 aromatic heterocycles. The number of benzene rings is 1. The number of carbonyl (C=O) groups is 1. The molecule has 130 valence electrons. The Labute approximate surface area is 139 Å². The summed E-state index contributed by atoms with van der Waals surface area (Å²) < 4.78 is 11.2. The Morgan fingerprint density at radius 3 is 2.62 bits per heavy atom. The summed E-state index contributed by atoms with van der Waals surface area (Å²) >= 11 is 0. The van der Waals surface area contributed by atoms with Gasteiger partial charge in [0.2, 0.25) is 0 Å². The normalized spacial score (nSPS) is 16.8. The van der Waals surface area contributed by atoms with E-state index in [-0.39, 0.29) is 29.5 Å². The molecule has 7 nitrogen and oxygen atoms in total. The molecule has 1 atom stereocenters. The summed E-state index contributed by atoms with van der Waals surface area (Å²) in [4.78, 5) is 29.7. The Morgan fingerprint density at radius 1 is 1.29 bits per heavy atom. The SMILES string of the molecule is CC(CCC1=C(NP(=O)(O)O)CC(=O)C=C1O)c1cccc(O)c1. The number of phenols is 1. The first-order valence-electron chi connectivity index (χ1n) is 7.44. The van der Waals surface area contributed by atoms with Gasteiger partial charge in [0.25, 0.3) is 0 Å². The van der Waals surface area contributed by atoms with E-state index in [1.807, 2.05) is 18.1 Å². The highest BCUT2D eigenvalue weighted by atomic mass is 31.2. The standard InChI is InChI=1S/C16H20NO6P/c1-10(11-3-2-4-12(18)7-11)5-6-14-15(17-24(21,22)23)8-13(19)9-16(14)20/h2-4,7,9-10,18,20H,5-6,8H2,1H3,(H3,17,21,22,23). The van der Waals surface area contributed by atoms with Crippen molar-refractivity contribution in [2.75, 3.05) is 0 Å². The van der Waals surface area contributed by atoms with E-state index in [0.717, 1.165) is 11.6 Å². The average Bonchev–Trinajstić information content (AvgIpc) is 2.44. The first-order valence-corrected chi connectivity index (χ1v) is 9.05. The Bertz CT molecular complexity index is 749. The summed E-state index contributed by atoms with van der Waals surface area (Å²) in [7, 11) is -4.57. The molecule has 8 heteroatoms. The predicted molar refractivity (Wildman–Crippen MR) is 88.3 cm³/mol. The third-order valence-corrected chi connectivity index (χ3v) is 4.43. The van der Waals surface area contributed by atoms with E-state index in [9.17, 15) is 19.6 Å². The molecule has 0 amide bonds. The molecule has 2 rings (SSSR count). The van der Waals surface area contributed by atoms with E-state index in [1.54, 1.807) is 18.2 Å². The second kappa shape index (κ2) is 7.21. The van der Waals surface area contributed by atoms with Crippen molar-refractivity contribution >= 4 is 13.5 Å². The molecule has 1 aromatic rings. The Morgan fingerprint density at radius 2 is 2.00 bits per heavy atom. The number of phenolic OH excluding ortho intramolecular Hbond substituents is 1. The third-order valence-electron chi connectivity index (χ3n) is 3.87. The molecule has 0 saturated carbocycles. The first kappa shape index (κ1) is 18.3. The van der Waals surface area contributed by atoms with Crippen molar-refractivity contribution in [3.8, 4) is 5.75 Å². The maximum Gasteiger partial charge on any atom is 0.427 e. The lowest BCUT2D eigenvalue weighted by Crippen LogP contribution is -2.19. The molecule has 1 aliphatic carbocycles. The van der Waals surface area contributed by atoms with E-state index < -0.39 is 13.5 Å². The predicted octanol–water partition coefficient (Wildman–Crippen LogP) is 2.63. The fourth-order valence-corrected chi connectivity index (χ4v) is 3.21. The lowest BCUT2D eigenvalue weighted by molar-refractivity contribution is -0.114. The largest absolute Gasteiger partial charge is 0.508 e. The van der Waals surface area contributed by atoms with Crippen LogP contribution in [0.5, 0.6) is 5.75 Å². The topological polar surface area (TPSA) is 127 Å². The summed E-state index contributed by atoms with van der Waals surface area (Å²) in [5.74, 6) is -0.488. The summed E-state index contributed by atoms with van der Waals surface area (Å²) in [6.07, 6.45) is 1.77. The zero-order chi connectivity index (χ0) is 17.9. The fraction of sp³-hybridized carbons (Fsp3) is 0.312. The van der Waals surface area contributed by atoms with Crippen LogP contribution >= 0.6 is 7.75 Å². The average molecular weight is 353 g/mol. The molecular formula is C16H20NO6P. The first-order chi connectivity index (χ1) is 11.2. The van der Waals surface area contributed by atoms with Gasteiger partial charge >= 0.3 is 7.75 Å². The molecule has 1 aliphatic rings. The zero-order valence-corrected chi connectivity index (χ0v) is 14.0. The van der Waals surface area contributed by atoms with Crippen LogP contribution in [-0.2, 0) is 9.36 Å². The van der Waals surface area contributed by atoms with E-state index in [1.165, 1.54) is 0 Å². The smallest absolute Gasteiger partial charge is 0.427 e. The van der Waals surface area contributed by atoms with E-state index in [4.69, 9.17) is 9.79 Å². The number of aliphatic hydroxyl groups excluding tert-OH is 1. The van der Waals surface area contributed by atoms with Crippen molar-refractivity contribution in [3.05, 3.63) is 52.9 Å². The minimum atomic E-state index is -4.57. The van der Waals surface area contributed by atoms with E-state index in [0.29, 0.717) is 18.4 Å². The van der Waals surface area contributed by atoms with Gasteiger partial charge in [0.1, 0.15) is 11.5 Å². The van der Waals surface area contributed by atoms with Crippen molar-refractivity contribution in [1.82, 2.24) is 5.09 Å². The fourth-order valence-electron chi connectivity index (χ4n) is 2.65. The van der Waals surface area contributed by atoms with E-state index >= 15 is 0 Å². The summed E-state index contributed by atoms with van der Waals surface area (Å²) in [5.41, 5.74) is 1.29. The quantitative estimate of drug-likeness (QED) is 0.498. The second-order valence-electron chi connectivity index (χ2n) is 5.82. The van der Waals surface area contributed by atoms with Gasteiger partial charge < -0.3 is 20.0 Å². The Balaban J connectivity index is 2.17. The number of nitrogens with one attached hydrogen (secondary N) is 1. The van der Waals surface area contributed by atoms with Crippen molar-refractivity contribution in [2.45, 2.75) is 32.1 Å². The second-order valence-corrected chi connectivity index (χ2v) is 7.13. The van der Waals surface area contributed by atoms with Gasteiger partial charge in [0, 0.05) is 17.3 Å². The van der Waals surface area contributed by atoms with Gasteiger partial charge in [-0.05, 0) is 36.5 Å². The Hall–Kier alpha value is -2.08. The van der Waals surface area contributed by atoms with Crippen molar-refractivity contribution < 1.29 is 29.4 Å². The minimum Gasteiger partial charge on any atom is -0.508 e. The van der Waals surface area contributed by atoms with Gasteiger partial charge in [0.15, 0.2) is 5.78 Å². The molecule has 5 N–H and O–H groups in total. The molecule has 1 unspecified atom stereocenters. The van der Waals surface area contributed by atoms with Crippen LogP contribution in [0.1, 0.15) is 37.7 Å². The van der Waals surface area contributed by atoms with Gasteiger partial charge in [-0.25, -0.2) is 4.57 Å². The lowest BCUT2D eigenvalue weighted by Gasteiger charge is -2.21. The summed E-state index contributed by atoms with van der Waals surface area (Å²) in [5, 5.41) is 21.5. The van der Waals surface area contributed by atoms with Crippen LogP contribution in [-0.4, -0.2) is 25.8 Å². The Kier molecular flexibility index (Phi) is 5.49. The van der Waals surface area contributed by atoms with Crippen molar-refractivity contribution in [1.29, 1.82) is 0 Å². The highest BCUT2D eigenvalue weighted by molar-refractivity contribution is 7.49. The van der Waals surface area contributed by atoms with Crippen LogP contribution in [0.25, 0.3) is 0 Å². The monoisotopic (exact) mass is 353 g/mol. The number of rotatable bonds is 6. The summed E-state index contributed by atoms with van der Waals surface area (Å²) in [6.45, 7) is 1.94. The molecule has 0 radical (unpaired) electrons. The van der Waals surface area contributed by atoms with Crippen LogP contribution in [0.4, 0.5) is 0 Å². The van der Waals surface area contributed by atoms with Crippen molar-refractivity contribution in [3.63, 3.8) is 0 Å². The molecule has 0 bridgehead atoms. The number of allylic oxidation sites excluding steroid dienone is 3. The lowest BCUT2D eigenvalue weighted by atomic mass is 9.90. The number of hydrogen-bond acceptors (Lipinski definition) is 4. The number of aromatic hydroxyl groups is 1. The number of hydrogen-bond donors (Lipinski definition) is 5. The van der Waals surface area contributed by atoms with Gasteiger partial charge in [-0.15, -0.1) is 0 Å². The highest BCUT2D eigenvalue weighted by Gasteiger charge is 2.25. The summed E-state index contributed by atoms with van der Waals surface area (Å²) in [6, 6.07) is 6.82. The molecule has 0 saturated heterocycles. The van der Waals surface area contributed by atoms with Crippen LogP contribution in [0.15, 0.2) is 47.4 Å². The zero-order valence-electron chi connectivity index (χ0n) is 13.1. The van der Waals surface area contributed by atoms with E-state index in [2.05, 4.69) is 0 Å². The van der Waals surface area contributed by atoms with Gasteiger partial charge in [-0.2, -0.15) is 0 Å². The number of ketones is 1. The maximum absolute atomic E-state index is 11.5. The molecule has 0 fully saturated rings. The highest BCUT2D eigenvalue weighted by Crippen LogP contribution is 2.36. The molecular weight excluding hydrogens is 333 g/mol. The van der Waals surface area contributed by atoms with Crippen LogP contribution in [0, 0.1) is 0 Å². The van der Waals surface area contributed by atoms with Gasteiger partial charge in [-0.1, -0.05) is 19.1 Å². The minimum absolute atomic E-state index is 0.0475. The van der Waals surface area contributed by atoms with Crippen LogP contribution in [0.3, 0.4) is 0 Å².